The zero-order valence-electron chi connectivity index (χ0n) is 12.5. The van der Waals surface area contributed by atoms with Crippen LogP contribution in [0, 0.1) is 5.92 Å². The number of nitrogens with one attached hydrogen (secondary N) is 1. The van der Waals surface area contributed by atoms with E-state index in [4.69, 9.17) is 0 Å². The van der Waals surface area contributed by atoms with Crippen LogP contribution in [0.2, 0.25) is 0 Å². The molecule has 1 aromatic rings. The minimum Gasteiger partial charge on any atom is -0.340 e. The van der Waals surface area contributed by atoms with E-state index in [1.54, 1.807) is 16.6 Å². The standard InChI is InChI=1S/C15H21N3O2S/c1-10(2)12-13(19)17-15(5-3-4-6-15)14(20)18(12)8-11-7-16-9-21-11/h7,9-10,12H,3-6,8H2,1-2H3,(H,17,19). The van der Waals surface area contributed by atoms with Gasteiger partial charge in [-0.1, -0.05) is 26.7 Å². The summed E-state index contributed by atoms with van der Waals surface area (Å²) in [4.78, 5) is 32.5. The predicted octanol–water partition coefficient (Wildman–Crippen LogP) is 1.94. The molecule has 1 aliphatic carbocycles. The molecule has 2 heterocycles. The monoisotopic (exact) mass is 307 g/mol. The maximum Gasteiger partial charge on any atom is 0.249 e. The van der Waals surface area contributed by atoms with Crippen LogP contribution in [0.15, 0.2) is 11.7 Å². The summed E-state index contributed by atoms with van der Waals surface area (Å²) in [5.41, 5.74) is 1.12. The van der Waals surface area contributed by atoms with Crippen molar-refractivity contribution in [1.29, 1.82) is 0 Å². The average Bonchev–Trinajstić information content (AvgIpc) is 3.07. The molecule has 3 rings (SSSR count). The quantitative estimate of drug-likeness (QED) is 0.928. The summed E-state index contributed by atoms with van der Waals surface area (Å²) in [5, 5.41) is 3.04. The lowest BCUT2D eigenvalue weighted by atomic mass is 9.87. The van der Waals surface area contributed by atoms with Gasteiger partial charge >= 0.3 is 0 Å². The van der Waals surface area contributed by atoms with Gasteiger partial charge in [-0.05, 0) is 18.8 Å². The molecule has 2 fully saturated rings. The molecule has 114 valence electrons. The maximum atomic E-state index is 13.0. The fraction of sp³-hybridized carbons (Fsp3) is 0.667. The van der Waals surface area contributed by atoms with Gasteiger partial charge in [0.15, 0.2) is 0 Å². The fourth-order valence-electron chi connectivity index (χ4n) is 3.54. The SMILES string of the molecule is CC(C)C1C(=O)NC2(CCCC2)C(=O)N1Cc1cncs1. The zero-order chi connectivity index (χ0) is 15.0. The Morgan fingerprint density at radius 3 is 2.71 bits per heavy atom. The smallest absolute Gasteiger partial charge is 0.249 e. The highest BCUT2D eigenvalue weighted by Crippen LogP contribution is 2.36. The van der Waals surface area contributed by atoms with Gasteiger partial charge in [0.25, 0.3) is 0 Å². The van der Waals surface area contributed by atoms with Gasteiger partial charge in [0, 0.05) is 11.1 Å². The maximum absolute atomic E-state index is 13.0. The normalized spacial score (nSPS) is 24.9. The third kappa shape index (κ3) is 2.46. The number of piperazine rings is 1. The van der Waals surface area contributed by atoms with E-state index in [9.17, 15) is 9.59 Å². The van der Waals surface area contributed by atoms with Crippen molar-refractivity contribution in [2.24, 2.45) is 5.92 Å². The van der Waals surface area contributed by atoms with E-state index < -0.39 is 5.54 Å². The number of rotatable bonds is 3. The van der Waals surface area contributed by atoms with Crippen molar-refractivity contribution in [1.82, 2.24) is 15.2 Å². The molecule has 2 amide bonds. The molecule has 0 aromatic carbocycles. The molecule has 1 aromatic heterocycles. The largest absolute Gasteiger partial charge is 0.340 e. The molecule has 5 nitrogen and oxygen atoms in total. The van der Waals surface area contributed by atoms with Crippen LogP contribution in [0.1, 0.15) is 44.4 Å². The number of thiazole rings is 1. The second kappa shape index (κ2) is 5.40. The van der Waals surface area contributed by atoms with Crippen LogP contribution in [0.4, 0.5) is 0 Å². The molecule has 2 aliphatic rings. The van der Waals surface area contributed by atoms with Crippen LogP contribution >= 0.6 is 11.3 Å². The van der Waals surface area contributed by atoms with E-state index in [1.165, 1.54) is 11.3 Å². The first-order valence-electron chi connectivity index (χ1n) is 7.54. The summed E-state index contributed by atoms with van der Waals surface area (Å²) < 4.78 is 0. The van der Waals surface area contributed by atoms with Crippen LogP contribution in [-0.2, 0) is 16.1 Å². The van der Waals surface area contributed by atoms with E-state index in [1.807, 2.05) is 13.8 Å². The van der Waals surface area contributed by atoms with Gasteiger partial charge < -0.3 is 10.2 Å². The minimum absolute atomic E-state index is 0.00369. The zero-order valence-corrected chi connectivity index (χ0v) is 13.3. The Bertz CT molecular complexity index is 535. The topological polar surface area (TPSA) is 62.3 Å². The van der Waals surface area contributed by atoms with Crippen molar-refractivity contribution in [3.8, 4) is 0 Å². The first-order valence-corrected chi connectivity index (χ1v) is 8.42. The molecule has 0 bridgehead atoms. The Labute approximate surface area is 128 Å². The molecule has 0 radical (unpaired) electrons. The Kier molecular flexibility index (Phi) is 3.73. The molecular formula is C15H21N3O2S. The predicted molar refractivity (Wildman–Crippen MR) is 80.6 cm³/mol. The molecule has 6 heteroatoms. The molecule has 1 spiro atoms. The summed E-state index contributed by atoms with van der Waals surface area (Å²) >= 11 is 1.53. The Hall–Kier alpha value is -1.43. The first kappa shape index (κ1) is 14.5. The second-order valence-corrected chi connectivity index (χ2v) is 7.34. The van der Waals surface area contributed by atoms with Gasteiger partial charge in [-0.15, -0.1) is 11.3 Å². The van der Waals surface area contributed by atoms with Gasteiger partial charge in [-0.25, -0.2) is 0 Å². The first-order chi connectivity index (χ1) is 10.0. The van der Waals surface area contributed by atoms with E-state index in [0.717, 1.165) is 30.6 Å². The number of hydrogen-bond donors (Lipinski definition) is 1. The molecule has 1 unspecified atom stereocenters. The van der Waals surface area contributed by atoms with E-state index in [2.05, 4.69) is 10.3 Å². The average molecular weight is 307 g/mol. The summed E-state index contributed by atoms with van der Waals surface area (Å²) in [6.45, 7) is 4.47. The van der Waals surface area contributed by atoms with Crippen LogP contribution in [0.25, 0.3) is 0 Å². The van der Waals surface area contributed by atoms with Crippen LogP contribution in [-0.4, -0.2) is 33.3 Å². The van der Waals surface area contributed by atoms with Crippen LogP contribution in [0.5, 0.6) is 0 Å². The Balaban J connectivity index is 1.92. The Morgan fingerprint density at radius 2 is 2.14 bits per heavy atom. The van der Waals surface area contributed by atoms with Gasteiger partial charge in [0.1, 0.15) is 11.6 Å². The van der Waals surface area contributed by atoms with E-state index >= 15 is 0 Å². The van der Waals surface area contributed by atoms with Crippen LogP contribution in [0.3, 0.4) is 0 Å². The molecule has 1 aliphatic heterocycles. The molecule has 1 N–H and O–H groups in total. The molecule has 1 atom stereocenters. The number of hydrogen-bond acceptors (Lipinski definition) is 4. The Morgan fingerprint density at radius 1 is 1.43 bits per heavy atom. The van der Waals surface area contributed by atoms with Gasteiger partial charge in [-0.3, -0.25) is 14.6 Å². The van der Waals surface area contributed by atoms with Gasteiger partial charge in [-0.2, -0.15) is 0 Å². The summed E-state index contributed by atoms with van der Waals surface area (Å²) in [6.07, 6.45) is 5.33. The van der Waals surface area contributed by atoms with Gasteiger partial charge in [0.05, 0.1) is 12.1 Å². The van der Waals surface area contributed by atoms with E-state index in [0.29, 0.717) is 6.54 Å². The van der Waals surface area contributed by atoms with Crippen molar-refractivity contribution in [3.63, 3.8) is 0 Å². The highest BCUT2D eigenvalue weighted by atomic mass is 32.1. The fourth-order valence-corrected chi connectivity index (χ4v) is 4.14. The lowest BCUT2D eigenvalue weighted by Gasteiger charge is -2.45. The highest BCUT2D eigenvalue weighted by molar-refractivity contribution is 7.09. The molecular weight excluding hydrogens is 286 g/mol. The van der Waals surface area contributed by atoms with Crippen molar-refractivity contribution >= 4 is 23.2 Å². The second-order valence-electron chi connectivity index (χ2n) is 6.37. The lowest BCUT2D eigenvalue weighted by Crippen LogP contribution is -2.70. The third-order valence-electron chi connectivity index (χ3n) is 4.54. The molecule has 1 saturated heterocycles. The third-order valence-corrected chi connectivity index (χ3v) is 5.30. The van der Waals surface area contributed by atoms with Crippen molar-refractivity contribution in [2.75, 3.05) is 0 Å². The number of carbonyl (C=O) groups is 2. The molecule has 21 heavy (non-hydrogen) atoms. The van der Waals surface area contributed by atoms with Crippen molar-refractivity contribution in [2.45, 2.75) is 57.7 Å². The molecule has 1 saturated carbocycles. The van der Waals surface area contributed by atoms with E-state index in [-0.39, 0.29) is 23.8 Å². The number of amides is 2. The number of nitrogens with zero attached hydrogens (tertiary/aromatic N) is 2. The number of carbonyl (C=O) groups excluding carboxylic acids is 2. The number of aromatic nitrogens is 1. The van der Waals surface area contributed by atoms with Gasteiger partial charge in [0.2, 0.25) is 11.8 Å². The minimum atomic E-state index is -0.646. The highest BCUT2D eigenvalue weighted by Gasteiger charge is 2.52. The van der Waals surface area contributed by atoms with Crippen molar-refractivity contribution < 1.29 is 9.59 Å². The van der Waals surface area contributed by atoms with Crippen LogP contribution < -0.4 is 5.32 Å². The summed E-state index contributed by atoms with van der Waals surface area (Å²) in [5.74, 6) is 0.184. The lowest BCUT2D eigenvalue weighted by molar-refractivity contribution is -0.157. The summed E-state index contributed by atoms with van der Waals surface area (Å²) in [6, 6.07) is -0.383. The van der Waals surface area contributed by atoms with Crippen molar-refractivity contribution in [3.05, 3.63) is 16.6 Å². The summed E-state index contributed by atoms with van der Waals surface area (Å²) in [7, 11) is 0.